The maximum Gasteiger partial charge on any atom is 0.416 e. The summed E-state index contributed by atoms with van der Waals surface area (Å²) in [5.41, 5.74) is 0.438. The first-order valence-corrected chi connectivity index (χ1v) is 5.07. The van der Waals surface area contributed by atoms with E-state index in [9.17, 15) is 26.3 Å². The minimum absolute atomic E-state index is 0.0109. The minimum atomic E-state index is -4.93. The molecule has 0 amide bonds. The standard InChI is InChI=1S/C11H11F6NO/c1-9(18,5-19)6-2-7(10(12,13)14)4-8(3-6)11(15,16)17/h2-4,19H,5,18H2,1H3. The third-order valence-electron chi connectivity index (χ3n) is 2.58. The third-order valence-corrected chi connectivity index (χ3v) is 2.58. The van der Waals surface area contributed by atoms with Gasteiger partial charge in [-0.15, -0.1) is 0 Å². The number of hydrogen-bond acceptors (Lipinski definition) is 2. The topological polar surface area (TPSA) is 46.2 Å². The molecule has 0 aliphatic carbocycles. The van der Waals surface area contributed by atoms with E-state index < -0.39 is 41.2 Å². The molecule has 0 spiro atoms. The number of nitrogens with two attached hydrogens (primary N) is 1. The Morgan fingerprint density at radius 1 is 0.895 bits per heavy atom. The van der Waals surface area contributed by atoms with Crippen LogP contribution in [0.2, 0.25) is 0 Å². The number of alkyl halides is 6. The number of aliphatic hydroxyl groups excluding tert-OH is 1. The van der Waals surface area contributed by atoms with Gasteiger partial charge in [-0.2, -0.15) is 26.3 Å². The molecule has 8 heteroatoms. The van der Waals surface area contributed by atoms with Crippen LogP contribution in [0.5, 0.6) is 0 Å². The van der Waals surface area contributed by atoms with Crippen molar-refractivity contribution < 1.29 is 31.4 Å². The summed E-state index contributed by atoms with van der Waals surface area (Å²) in [5, 5.41) is 8.95. The molecule has 1 unspecified atom stereocenters. The molecular formula is C11H11F6NO. The zero-order valence-corrected chi connectivity index (χ0v) is 9.73. The quantitative estimate of drug-likeness (QED) is 0.822. The summed E-state index contributed by atoms with van der Waals surface area (Å²) >= 11 is 0. The monoisotopic (exact) mass is 287 g/mol. The van der Waals surface area contributed by atoms with Crippen molar-refractivity contribution in [2.24, 2.45) is 5.73 Å². The van der Waals surface area contributed by atoms with Crippen LogP contribution in [0.25, 0.3) is 0 Å². The van der Waals surface area contributed by atoms with Gasteiger partial charge >= 0.3 is 12.4 Å². The number of benzene rings is 1. The average Bonchev–Trinajstić information content (AvgIpc) is 2.26. The third kappa shape index (κ3) is 3.60. The molecular weight excluding hydrogens is 276 g/mol. The lowest BCUT2D eigenvalue weighted by Crippen LogP contribution is -2.37. The van der Waals surface area contributed by atoms with Crippen LogP contribution in [-0.2, 0) is 17.9 Å². The van der Waals surface area contributed by atoms with E-state index >= 15 is 0 Å². The van der Waals surface area contributed by atoms with Crippen LogP contribution >= 0.6 is 0 Å². The van der Waals surface area contributed by atoms with Crippen molar-refractivity contribution in [3.8, 4) is 0 Å². The van der Waals surface area contributed by atoms with E-state index in [2.05, 4.69) is 0 Å². The van der Waals surface area contributed by atoms with Crippen molar-refractivity contribution in [3.63, 3.8) is 0 Å². The molecule has 1 aromatic rings. The first kappa shape index (κ1) is 15.8. The van der Waals surface area contributed by atoms with Crippen LogP contribution in [-0.4, -0.2) is 11.7 Å². The molecule has 1 atom stereocenters. The smallest absolute Gasteiger partial charge is 0.394 e. The highest BCUT2D eigenvalue weighted by atomic mass is 19.4. The van der Waals surface area contributed by atoms with E-state index in [4.69, 9.17) is 10.8 Å². The first-order valence-electron chi connectivity index (χ1n) is 5.07. The molecule has 1 aromatic carbocycles. The maximum absolute atomic E-state index is 12.6. The molecule has 19 heavy (non-hydrogen) atoms. The zero-order valence-electron chi connectivity index (χ0n) is 9.73. The largest absolute Gasteiger partial charge is 0.416 e. The van der Waals surface area contributed by atoms with Gasteiger partial charge in [0.1, 0.15) is 0 Å². The molecule has 0 aliphatic heterocycles. The second-order valence-electron chi connectivity index (χ2n) is 4.37. The van der Waals surface area contributed by atoms with Gasteiger partial charge in [0, 0.05) is 0 Å². The normalized spacial score (nSPS) is 16.3. The van der Waals surface area contributed by atoms with E-state index in [0.717, 1.165) is 6.92 Å². The molecule has 0 bridgehead atoms. The fourth-order valence-electron chi connectivity index (χ4n) is 1.38. The predicted octanol–water partition coefficient (Wildman–Crippen LogP) is 2.89. The second-order valence-corrected chi connectivity index (χ2v) is 4.37. The van der Waals surface area contributed by atoms with Crippen LogP contribution in [0.1, 0.15) is 23.6 Å². The number of rotatable bonds is 2. The molecule has 0 aromatic heterocycles. The van der Waals surface area contributed by atoms with Gasteiger partial charge in [-0.1, -0.05) is 0 Å². The van der Waals surface area contributed by atoms with Gasteiger partial charge in [-0.05, 0) is 30.7 Å². The molecule has 0 heterocycles. The number of halogens is 6. The van der Waals surface area contributed by atoms with Crippen LogP contribution in [0.4, 0.5) is 26.3 Å². The van der Waals surface area contributed by atoms with Crippen LogP contribution < -0.4 is 5.73 Å². The van der Waals surface area contributed by atoms with Crippen molar-refractivity contribution in [2.75, 3.05) is 6.61 Å². The maximum atomic E-state index is 12.6. The van der Waals surface area contributed by atoms with Gasteiger partial charge in [0.2, 0.25) is 0 Å². The molecule has 0 aliphatic rings. The van der Waals surface area contributed by atoms with E-state index in [-0.39, 0.29) is 6.07 Å². The lowest BCUT2D eigenvalue weighted by Gasteiger charge is -2.24. The predicted molar refractivity (Wildman–Crippen MR) is 55.1 cm³/mol. The average molecular weight is 287 g/mol. The molecule has 108 valence electrons. The minimum Gasteiger partial charge on any atom is -0.394 e. The lowest BCUT2D eigenvalue weighted by molar-refractivity contribution is -0.143. The van der Waals surface area contributed by atoms with Gasteiger partial charge in [0.25, 0.3) is 0 Å². The summed E-state index contributed by atoms with van der Waals surface area (Å²) in [4.78, 5) is 0. The van der Waals surface area contributed by atoms with E-state index in [0.29, 0.717) is 12.1 Å². The lowest BCUT2D eigenvalue weighted by atomic mass is 9.90. The highest BCUT2D eigenvalue weighted by Crippen LogP contribution is 2.37. The fraction of sp³-hybridized carbons (Fsp3) is 0.455. The highest BCUT2D eigenvalue weighted by Gasteiger charge is 2.38. The Hall–Kier alpha value is -1.28. The number of hydrogen-bond donors (Lipinski definition) is 2. The van der Waals surface area contributed by atoms with Gasteiger partial charge in [-0.25, -0.2) is 0 Å². The molecule has 0 saturated carbocycles. The molecule has 0 radical (unpaired) electrons. The van der Waals surface area contributed by atoms with Gasteiger partial charge < -0.3 is 10.8 Å². The Morgan fingerprint density at radius 3 is 1.47 bits per heavy atom. The van der Waals surface area contributed by atoms with Crippen LogP contribution in [0.3, 0.4) is 0 Å². The zero-order chi connectivity index (χ0) is 15.1. The summed E-state index contributed by atoms with van der Waals surface area (Å²) < 4.78 is 75.3. The molecule has 2 nitrogen and oxygen atoms in total. The van der Waals surface area contributed by atoms with Gasteiger partial charge in [0.05, 0.1) is 23.3 Å². The van der Waals surface area contributed by atoms with Crippen molar-refractivity contribution in [2.45, 2.75) is 24.8 Å². The molecule has 3 N–H and O–H groups in total. The van der Waals surface area contributed by atoms with Crippen molar-refractivity contribution >= 4 is 0 Å². The Bertz CT molecular complexity index is 431. The van der Waals surface area contributed by atoms with Gasteiger partial charge in [0.15, 0.2) is 0 Å². The summed E-state index contributed by atoms with van der Waals surface area (Å²) in [6, 6.07) is 1.02. The van der Waals surface area contributed by atoms with Crippen molar-refractivity contribution in [1.29, 1.82) is 0 Å². The van der Waals surface area contributed by atoms with E-state index in [1.807, 2.05) is 0 Å². The molecule has 0 saturated heterocycles. The summed E-state index contributed by atoms with van der Waals surface area (Å²) in [6.07, 6.45) is -9.86. The van der Waals surface area contributed by atoms with Crippen molar-refractivity contribution in [3.05, 3.63) is 34.9 Å². The summed E-state index contributed by atoms with van der Waals surface area (Å²) in [5.74, 6) is 0. The summed E-state index contributed by atoms with van der Waals surface area (Å²) in [7, 11) is 0. The fourth-order valence-corrected chi connectivity index (χ4v) is 1.38. The van der Waals surface area contributed by atoms with Crippen LogP contribution in [0.15, 0.2) is 18.2 Å². The van der Waals surface area contributed by atoms with E-state index in [1.54, 1.807) is 0 Å². The Kier molecular flexibility index (Phi) is 3.88. The highest BCUT2D eigenvalue weighted by molar-refractivity contribution is 5.37. The second kappa shape index (κ2) is 4.68. The van der Waals surface area contributed by atoms with Gasteiger partial charge in [-0.3, -0.25) is 0 Å². The summed E-state index contributed by atoms with van der Waals surface area (Å²) in [6.45, 7) is 0.355. The Balaban J connectivity index is 3.51. The van der Waals surface area contributed by atoms with Crippen molar-refractivity contribution in [1.82, 2.24) is 0 Å². The number of aliphatic hydroxyl groups is 1. The van der Waals surface area contributed by atoms with Crippen LogP contribution in [0, 0.1) is 0 Å². The Labute approximate surface area is 104 Å². The Morgan fingerprint density at radius 2 is 1.21 bits per heavy atom. The first-order chi connectivity index (χ1) is 8.38. The molecule has 1 rings (SSSR count). The molecule has 0 fully saturated rings. The van der Waals surface area contributed by atoms with E-state index in [1.165, 1.54) is 0 Å². The SMILES string of the molecule is CC(N)(CO)c1cc(C(F)(F)F)cc(C(F)(F)F)c1.